The summed E-state index contributed by atoms with van der Waals surface area (Å²) in [6.07, 6.45) is 1.70. The van der Waals surface area contributed by atoms with E-state index in [-0.39, 0.29) is 5.70 Å². The third-order valence-corrected chi connectivity index (χ3v) is 5.06. The summed E-state index contributed by atoms with van der Waals surface area (Å²) in [7, 11) is 0. The lowest BCUT2D eigenvalue weighted by Crippen LogP contribution is -2.05. The zero-order chi connectivity index (χ0) is 20.2. The Bertz CT molecular complexity index is 1120. The van der Waals surface area contributed by atoms with Crippen LogP contribution in [0, 0.1) is 6.92 Å². The maximum absolute atomic E-state index is 12.2. The minimum absolute atomic E-state index is 0.263. The van der Waals surface area contributed by atoms with Gasteiger partial charge in [0.2, 0.25) is 5.90 Å². The molecule has 144 valence electrons. The number of nitrogens with zero attached hydrogens (tertiary/aromatic N) is 1. The average molecular weight is 448 g/mol. The summed E-state index contributed by atoms with van der Waals surface area (Å²) < 4.78 is 12.2. The van der Waals surface area contributed by atoms with Gasteiger partial charge in [0.05, 0.1) is 0 Å². The van der Waals surface area contributed by atoms with Crippen LogP contribution in [0.5, 0.6) is 5.75 Å². The van der Waals surface area contributed by atoms with E-state index in [2.05, 4.69) is 33.9 Å². The lowest BCUT2D eigenvalue weighted by Gasteiger charge is -2.09. The highest BCUT2D eigenvalue weighted by Gasteiger charge is 2.24. The number of hydrogen-bond donors (Lipinski definition) is 0. The molecule has 0 spiro atoms. The molecule has 0 N–H and O–H groups in total. The normalized spacial score (nSPS) is 14.6. The fourth-order valence-corrected chi connectivity index (χ4v) is 3.17. The van der Waals surface area contributed by atoms with Crippen molar-refractivity contribution >= 4 is 33.9 Å². The minimum atomic E-state index is -0.464. The van der Waals surface area contributed by atoms with E-state index in [4.69, 9.17) is 9.47 Å². The number of carbonyl (C=O) groups excluding carboxylic acids is 1. The van der Waals surface area contributed by atoms with Crippen LogP contribution >= 0.6 is 15.9 Å². The molecule has 3 aromatic rings. The smallest absolute Gasteiger partial charge is 0.363 e. The van der Waals surface area contributed by atoms with Gasteiger partial charge >= 0.3 is 5.97 Å². The van der Waals surface area contributed by atoms with Crippen LogP contribution in [0.2, 0.25) is 0 Å². The lowest BCUT2D eigenvalue weighted by molar-refractivity contribution is -0.129. The standard InChI is InChI=1S/C24H18BrNO3/c1-16-5-2-3-7-19(16)15-28-21-8-4-6-17(13-21)14-22-24(27)29-23(26-22)18-9-11-20(25)12-10-18/h2-14H,15H2,1H3/b22-14-. The predicted octanol–water partition coefficient (Wildman–Crippen LogP) is 5.68. The first kappa shape index (κ1) is 19.2. The van der Waals surface area contributed by atoms with Gasteiger partial charge in [0, 0.05) is 10.0 Å². The zero-order valence-electron chi connectivity index (χ0n) is 15.8. The number of aliphatic imine (C=N–C) groups is 1. The summed E-state index contributed by atoms with van der Waals surface area (Å²) in [5, 5.41) is 0. The van der Waals surface area contributed by atoms with E-state index in [1.54, 1.807) is 6.08 Å². The van der Waals surface area contributed by atoms with Gasteiger partial charge in [-0.05, 0) is 66.1 Å². The number of benzene rings is 3. The van der Waals surface area contributed by atoms with E-state index >= 15 is 0 Å². The van der Waals surface area contributed by atoms with Crippen molar-refractivity contribution in [3.05, 3.63) is 105 Å². The number of rotatable bonds is 5. The monoisotopic (exact) mass is 447 g/mol. The number of hydrogen-bond acceptors (Lipinski definition) is 4. The van der Waals surface area contributed by atoms with Crippen molar-refractivity contribution < 1.29 is 14.3 Å². The highest BCUT2D eigenvalue weighted by Crippen LogP contribution is 2.23. The first-order chi connectivity index (χ1) is 14.1. The summed E-state index contributed by atoms with van der Waals surface area (Å²) >= 11 is 3.39. The van der Waals surface area contributed by atoms with E-state index < -0.39 is 5.97 Å². The maximum Gasteiger partial charge on any atom is 0.363 e. The Morgan fingerprint density at radius 1 is 1.03 bits per heavy atom. The number of carbonyl (C=O) groups is 1. The third-order valence-electron chi connectivity index (χ3n) is 4.53. The molecule has 0 saturated carbocycles. The summed E-state index contributed by atoms with van der Waals surface area (Å²) in [5.41, 5.74) is 4.16. The van der Waals surface area contributed by atoms with Crippen LogP contribution in [0.25, 0.3) is 6.08 Å². The predicted molar refractivity (Wildman–Crippen MR) is 117 cm³/mol. The Hall–Kier alpha value is -3.18. The van der Waals surface area contributed by atoms with Crippen molar-refractivity contribution in [1.82, 2.24) is 0 Å². The molecule has 0 atom stereocenters. The van der Waals surface area contributed by atoms with Crippen LogP contribution in [0.1, 0.15) is 22.3 Å². The topological polar surface area (TPSA) is 47.9 Å². The number of aryl methyl sites for hydroxylation is 1. The molecule has 0 saturated heterocycles. The highest BCUT2D eigenvalue weighted by atomic mass is 79.9. The van der Waals surface area contributed by atoms with E-state index in [9.17, 15) is 4.79 Å². The Morgan fingerprint density at radius 3 is 2.62 bits per heavy atom. The van der Waals surface area contributed by atoms with Gasteiger partial charge in [-0.2, -0.15) is 0 Å². The van der Waals surface area contributed by atoms with Crippen LogP contribution in [0.15, 0.2) is 88.0 Å². The quantitative estimate of drug-likeness (QED) is 0.373. The molecule has 0 unspecified atom stereocenters. The molecule has 4 rings (SSSR count). The van der Waals surface area contributed by atoms with Gasteiger partial charge in [-0.3, -0.25) is 0 Å². The molecule has 0 aliphatic carbocycles. The fraction of sp³-hybridized carbons (Fsp3) is 0.0833. The highest BCUT2D eigenvalue weighted by molar-refractivity contribution is 9.10. The van der Waals surface area contributed by atoms with Crippen molar-refractivity contribution in [1.29, 1.82) is 0 Å². The molecule has 1 aliphatic rings. The van der Waals surface area contributed by atoms with Gasteiger partial charge in [-0.15, -0.1) is 0 Å². The Morgan fingerprint density at radius 2 is 1.83 bits per heavy atom. The van der Waals surface area contributed by atoms with Gasteiger partial charge in [-0.25, -0.2) is 9.79 Å². The Labute approximate surface area is 177 Å². The molecule has 0 aromatic heterocycles. The van der Waals surface area contributed by atoms with E-state index in [0.717, 1.165) is 26.9 Å². The molecule has 1 aliphatic heterocycles. The minimum Gasteiger partial charge on any atom is -0.489 e. The maximum atomic E-state index is 12.2. The number of ether oxygens (including phenoxy) is 2. The molecule has 0 bridgehead atoms. The van der Waals surface area contributed by atoms with Crippen LogP contribution < -0.4 is 4.74 Å². The van der Waals surface area contributed by atoms with Gasteiger partial charge in [0.25, 0.3) is 0 Å². The number of cyclic esters (lactones) is 1. The second kappa shape index (κ2) is 8.45. The van der Waals surface area contributed by atoms with Crippen LogP contribution in [0.3, 0.4) is 0 Å². The third kappa shape index (κ3) is 4.63. The molecular weight excluding hydrogens is 430 g/mol. The number of halogens is 1. The van der Waals surface area contributed by atoms with Crippen molar-refractivity contribution in [2.45, 2.75) is 13.5 Å². The van der Waals surface area contributed by atoms with Gasteiger partial charge in [-0.1, -0.05) is 52.3 Å². The van der Waals surface area contributed by atoms with Crippen molar-refractivity contribution in [2.24, 2.45) is 4.99 Å². The van der Waals surface area contributed by atoms with E-state index in [1.165, 1.54) is 5.56 Å². The Kier molecular flexibility index (Phi) is 5.58. The molecule has 1 heterocycles. The molecule has 0 fully saturated rings. The summed E-state index contributed by atoms with van der Waals surface area (Å²) in [5.74, 6) is 0.570. The number of esters is 1. The summed E-state index contributed by atoms with van der Waals surface area (Å²) in [6, 6.07) is 23.1. The van der Waals surface area contributed by atoms with Crippen LogP contribution in [-0.2, 0) is 16.1 Å². The SMILES string of the molecule is Cc1ccccc1COc1cccc(/C=C2\N=C(c3ccc(Br)cc3)OC2=O)c1. The average Bonchev–Trinajstić information content (AvgIpc) is 3.08. The molecule has 4 nitrogen and oxygen atoms in total. The van der Waals surface area contributed by atoms with Crippen molar-refractivity contribution in [3.8, 4) is 5.75 Å². The molecule has 5 heteroatoms. The molecule has 3 aromatic carbocycles. The van der Waals surface area contributed by atoms with Gasteiger partial charge in [0.1, 0.15) is 12.4 Å². The van der Waals surface area contributed by atoms with Crippen LogP contribution in [0.4, 0.5) is 0 Å². The first-order valence-electron chi connectivity index (χ1n) is 9.14. The zero-order valence-corrected chi connectivity index (χ0v) is 17.3. The van der Waals surface area contributed by atoms with Gasteiger partial charge < -0.3 is 9.47 Å². The second-order valence-electron chi connectivity index (χ2n) is 6.63. The largest absolute Gasteiger partial charge is 0.489 e. The molecular formula is C24H18BrNO3. The summed E-state index contributed by atoms with van der Waals surface area (Å²) in [4.78, 5) is 16.6. The fourth-order valence-electron chi connectivity index (χ4n) is 2.91. The Balaban J connectivity index is 1.52. The second-order valence-corrected chi connectivity index (χ2v) is 7.55. The molecule has 0 amide bonds. The van der Waals surface area contributed by atoms with E-state index in [1.807, 2.05) is 66.7 Å². The first-order valence-corrected chi connectivity index (χ1v) is 9.94. The van der Waals surface area contributed by atoms with Crippen molar-refractivity contribution in [2.75, 3.05) is 0 Å². The molecule has 0 radical (unpaired) electrons. The lowest BCUT2D eigenvalue weighted by atomic mass is 10.1. The summed E-state index contributed by atoms with van der Waals surface area (Å²) in [6.45, 7) is 2.55. The van der Waals surface area contributed by atoms with Gasteiger partial charge in [0.15, 0.2) is 5.70 Å². The van der Waals surface area contributed by atoms with Crippen molar-refractivity contribution in [3.63, 3.8) is 0 Å². The molecule has 29 heavy (non-hydrogen) atoms. The van der Waals surface area contributed by atoms with Crippen LogP contribution in [-0.4, -0.2) is 11.9 Å². The van der Waals surface area contributed by atoms with E-state index in [0.29, 0.717) is 12.5 Å².